The molecule has 3 rings (SSSR count). The Morgan fingerprint density at radius 3 is 2.42 bits per heavy atom. The first-order chi connectivity index (χ1) is 25.6. The Labute approximate surface area is 318 Å². The minimum atomic E-state index is -5.91. The van der Waals surface area contributed by atoms with Crippen LogP contribution in [0.3, 0.4) is 0 Å². The van der Waals surface area contributed by atoms with Crippen LogP contribution in [0.1, 0.15) is 59.1 Å². The molecule has 3 unspecified atom stereocenters. The number of aromatic nitrogens is 4. The van der Waals surface area contributed by atoms with Crippen molar-refractivity contribution < 1.29 is 80.5 Å². The Bertz CT molecular complexity index is 1780. The van der Waals surface area contributed by atoms with Crippen molar-refractivity contribution in [1.82, 2.24) is 30.2 Å². The van der Waals surface area contributed by atoms with Gasteiger partial charge in [-0.2, -0.15) is 0 Å². The number of hydrogen-bond acceptors (Lipinski definition) is 22. The molecule has 1 aliphatic rings. The highest BCUT2D eigenvalue weighted by molar-refractivity contribution is 8.13. The summed E-state index contributed by atoms with van der Waals surface area (Å²) >= 11 is 1.11. The molecule has 24 nitrogen and oxygen atoms in total. The van der Waals surface area contributed by atoms with Crippen LogP contribution in [0.2, 0.25) is 0 Å². The van der Waals surface area contributed by atoms with Crippen LogP contribution in [-0.4, -0.2) is 103 Å². The van der Waals surface area contributed by atoms with E-state index < -0.39 is 84.6 Å². The number of rotatable bonds is 23. The van der Waals surface area contributed by atoms with E-state index in [-0.39, 0.29) is 41.6 Å². The van der Waals surface area contributed by atoms with E-state index >= 15 is 0 Å². The van der Waals surface area contributed by atoms with E-state index in [1.807, 2.05) is 6.92 Å². The molecule has 0 bridgehead atoms. The summed E-state index contributed by atoms with van der Waals surface area (Å²) in [6, 6.07) is 0. The van der Waals surface area contributed by atoms with Crippen LogP contribution in [-0.2, 0) is 50.7 Å². The maximum absolute atomic E-state index is 12.5. The summed E-state index contributed by atoms with van der Waals surface area (Å²) in [5.74, 6) is -1.15. The molecular formula is C27H42N7O17P3S-4. The zero-order valence-electron chi connectivity index (χ0n) is 29.7. The van der Waals surface area contributed by atoms with Crippen molar-refractivity contribution in [3.05, 3.63) is 12.7 Å². The van der Waals surface area contributed by atoms with E-state index in [0.717, 1.165) is 48.2 Å². The second-order valence-corrected chi connectivity index (χ2v) is 17.9. The topological polar surface area (TPSA) is 375 Å². The quantitative estimate of drug-likeness (QED) is 0.0580. The van der Waals surface area contributed by atoms with Gasteiger partial charge in [0.1, 0.15) is 36.3 Å². The Morgan fingerprint density at radius 1 is 1.05 bits per heavy atom. The molecule has 2 aromatic rings. The van der Waals surface area contributed by atoms with Crippen LogP contribution in [0.5, 0.6) is 0 Å². The number of carbonyl (C=O) groups excluding carboxylic acids is 3. The summed E-state index contributed by atoms with van der Waals surface area (Å²) in [7, 11) is -17.6. The molecular weight excluding hydrogens is 819 g/mol. The second-order valence-electron chi connectivity index (χ2n) is 12.7. The highest BCUT2D eigenvalue weighted by Gasteiger charge is 2.47. The van der Waals surface area contributed by atoms with Gasteiger partial charge in [-0.25, -0.2) is 19.3 Å². The number of anilines is 1. The minimum absolute atomic E-state index is 0.0198. The number of nitrogens with one attached hydrogen (secondary N) is 2. The second kappa shape index (κ2) is 20.3. The molecule has 7 atom stereocenters. The van der Waals surface area contributed by atoms with E-state index in [0.29, 0.717) is 12.2 Å². The van der Waals surface area contributed by atoms with Crippen molar-refractivity contribution in [2.75, 3.05) is 37.8 Å². The smallest absolute Gasteiger partial charge is 0.274 e. The summed E-state index contributed by atoms with van der Waals surface area (Å²) in [5.41, 5.74) is 4.08. The van der Waals surface area contributed by atoms with Crippen molar-refractivity contribution >= 4 is 69.1 Å². The number of phosphoric ester groups is 3. The molecule has 312 valence electrons. The van der Waals surface area contributed by atoms with E-state index in [2.05, 4.69) is 43.5 Å². The number of aliphatic hydroxyl groups is 2. The number of fused-ring (bicyclic) bond motifs is 1. The molecule has 0 aliphatic carbocycles. The largest absolute Gasteiger partial charge is 0.790 e. The summed E-state index contributed by atoms with van der Waals surface area (Å²) < 4.78 is 60.4. The molecule has 6 N–H and O–H groups in total. The first kappa shape index (κ1) is 46.9. The van der Waals surface area contributed by atoms with Gasteiger partial charge < -0.3 is 69.0 Å². The first-order valence-corrected chi connectivity index (χ1v) is 21.9. The Balaban J connectivity index is 1.49. The molecule has 0 spiro atoms. The molecule has 1 aliphatic heterocycles. The van der Waals surface area contributed by atoms with Crippen LogP contribution < -0.4 is 35.9 Å². The van der Waals surface area contributed by atoms with E-state index in [4.69, 9.17) is 10.5 Å². The van der Waals surface area contributed by atoms with Gasteiger partial charge in [0.05, 0.1) is 27.4 Å². The van der Waals surface area contributed by atoms with Crippen LogP contribution in [0, 0.1) is 5.41 Å². The normalized spacial score (nSPS) is 21.8. The Hall–Kier alpha value is -2.44. The molecule has 0 radical (unpaired) electrons. The highest BCUT2D eigenvalue weighted by Crippen LogP contribution is 2.56. The lowest BCUT2D eigenvalue weighted by Gasteiger charge is -2.36. The predicted molar refractivity (Wildman–Crippen MR) is 182 cm³/mol. The molecule has 28 heteroatoms. The fourth-order valence-electron chi connectivity index (χ4n) is 4.86. The fraction of sp³-hybridized carbons (Fsp3) is 0.704. The molecule has 0 saturated carbocycles. The monoisotopic (exact) mass is 861 g/mol. The van der Waals surface area contributed by atoms with Crippen molar-refractivity contribution in [1.29, 1.82) is 0 Å². The van der Waals surface area contributed by atoms with Gasteiger partial charge in [-0.05, 0) is 6.42 Å². The molecule has 0 aromatic carbocycles. The fourth-order valence-corrected chi connectivity index (χ4v) is 8.32. The van der Waals surface area contributed by atoms with Gasteiger partial charge in [0, 0.05) is 37.1 Å². The molecule has 1 saturated heterocycles. The molecule has 2 aromatic heterocycles. The van der Waals surface area contributed by atoms with Crippen LogP contribution in [0.15, 0.2) is 12.7 Å². The van der Waals surface area contributed by atoms with Gasteiger partial charge in [-0.3, -0.25) is 28.1 Å². The predicted octanol–water partition coefficient (Wildman–Crippen LogP) is -2.28. The van der Waals surface area contributed by atoms with Gasteiger partial charge in [-0.15, -0.1) is 0 Å². The number of amides is 2. The van der Waals surface area contributed by atoms with Gasteiger partial charge in [0.2, 0.25) is 11.8 Å². The first-order valence-electron chi connectivity index (χ1n) is 16.5. The lowest BCUT2D eigenvalue weighted by atomic mass is 9.87. The van der Waals surface area contributed by atoms with Crippen LogP contribution in [0.4, 0.5) is 5.82 Å². The maximum Gasteiger partial charge on any atom is 0.274 e. The Morgan fingerprint density at radius 2 is 1.75 bits per heavy atom. The molecule has 55 heavy (non-hydrogen) atoms. The SMILES string of the molecule is CCCCCC(=O)SCCNC(=O)CCNC(=O)[C@@H](O)C(C)(C)COP(=O)([O-])OP(=O)([O-])OC[C@H]1O[C@@H](n2cnc3c(N)ncnc32)C(O)[C@H]1OP(=O)([O-])[O-]. The molecule has 1 fully saturated rings. The third-order valence-electron chi connectivity index (χ3n) is 7.72. The van der Waals surface area contributed by atoms with Gasteiger partial charge in [0.15, 0.2) is 22.8 Å². The number of phosphoric acid groups is 3. The minimum Gasteiger partial charge on any atom is -0.790 e. The number of nitrogens with two attached hydrogens (primary N) is 1. The number of unbranched alkanes of at least 4 members (excludes halogenated alkanes) is 2. The zero-order valence-corrected chi connectivity index (χ0v) is 33.2. The summed E-state index contributed by atoms with van der Waals surface area (Å²) in [4.78, 5) is 95.7. The number of ether oxygens (including phenoxy) is 1. The summed E-state index contributed by atoms with van der Waals surface area (Å²) in [6.45, 7) is 2.18. The third kappa shape index (κ3) is 14.8. The summed E-state index contributed by atoms with van der Waals surface area (Å²) in [5, 5.41) is 26.2. The maximum atomic E-state index is 12.5. The number of nitrogens with zero attached hydrogens (tertiary/aromatic N) is 4. The number of imidazole rings is 1. The molecule has 2 amide bonds. The summed E-state index contributed by atoms with van der Waals surface area (Å²) in [6.07, 6.45) is -4.34. The van der Waals surface area contributed by atoms with Gasteiger partial charge in [0.25, 0.3) is 15.6 Å². The number of aliphatic hydroxyl groups excluding tert-OH is 2. The van der Waals surface area contributed by atoms with Crippen molar-refractivity contribution in [2.24, 2.45) is 5.41 Å². The number of hydrogen-bond donors (Lipinski definition) is 5. The Kier molecular flexibility index (Phi) is 17.3. The van der Waals surface area contributed by atoms with E-state index in [9.17, 15) is 57.9 Å². The van der Waals surface area contributed by atoms with Crippen molar-refractivity contribution in [2.45, 2.75) is 83.5 Å². The van der Waals surface area contributed by atoms with Gasteiger partial charge in [-0.1, -0.05) is 45.4 Å². The van der Waals surface area contributed by atoms with Crippen LogP contribution in [0.25, 0.3) is 11.2 Å². The van der Waals surface area contributed by atoms with Crippen molar-refractivity contribution in [3.63, 3.8) is 0 Å². The van der Waals surface area contributed by atoms with Gasteiger partial charge >= 0.3 is 0 Å². The lowest BCUT2D eigenvalue weighted by molar-refractivity contribution is -0.347. The number of nitrogen functional groups attached to an aromatic ring is 1. The standard InChI is InChI=1S/C27H46N7O17P3S/c1-4-5-6-7-18(36)55-11-10-29-17(35)8-9-30-25(39)22(38)27(2,3)13-48-54(45,46)51-53(43,44)47-12-16-21(50-52(40,41)42)20(37)26(49-16)34-15-33-19-23(28)31-14-32-24(19)34/h14-16,20-22,26,37-38H,4-13H2,1-3H3,(H,29,35)(H,30,39)(H,43,44)(H,45,46)(H2,28,31,32)(H2,40,41,42)/p-4/t16-,20?,21+,22-,26-/m1/s1. The van der Waals surface area contributed by atoms with E-state index in [1.54, 1.807) is 0 Å². The average Bonchev–Trinajstić information content (AvgIpc) is 3.64. The number of carbonyl (C=O) groups is 3. The van der Waals surface area contributed by atoms with Crippen LogP contribution >= 0.6 is 35.2 Å². The highest BCUT2D eigenvalue weighted by atomic mass is 32.2. The lowest BCUT2D eigenvalue weighted by Crippen LogP contribution is -2.46. The van der Waals surface area contributed by atoms with Crippen molar-refractivity contribution in [3.8, 4) is 0 Å². The van der Waals surface area contributed by atoms with E-state index in [1.165, 1.54) is 13.8 Å². The molecule has 3 heterocycles. The third-order valence-corrected chi connectivity index (χ3v) is 11.7. The average molecular weight is 862 g/mol. The number of thioether (sulfide) groups is 1. The zero-order chi connectivity index (χ0) is 41.2.